The summed E-state index contributed by atoms with van der Waals surface area (Å²) in [7, 11) is 0. The molecule has 0 unspecified atom stereocenters. The van der Waals surface area contributed by atoms with Gasteiger partial charge in [-0.25, -0.2) is 0 Å². The molecule has 0 aliphatic heterocycles. The summed E-state index contributed by atoms with van der Waals surface area (Å²) in [5, 5.41) is -5.45. The molecular weight excluding hydrogens is 496 g/mol. The molecular formula is C40H24O. The van der Waals surface area contributed by atoms with Gasteiger partial charge in [-0.2, -0.15) is 0 Å². The molecule has 0 amide bonds. The largest absolute Gasteiger partial charge is 0.455 e. The number of furan rings is 1. The van der Waals surface area contributed by atoms with Crippen molar-refractivity contribution in [3.8, 4) is 22.3 Å². The highest BCUT2D eigenvalue weighted by Crippen LogP contribution is 2.47. The number of rotatable bonds is 2. The van der Waals surface area contributed by atoms with E-state index in [2.05, 4.69) is 0 Å². The lowest BCUT2D eigenvalue weighted by Crippen LogP contribution is -1.91. The zero-order chi connectivity index (χ0) is 47.8. The first kappa shape index (κ1) is 9.33. The molecule has 1 heteroatoms. The predicted molar refractivity (Wildman–Crippen MR) is 175 cm³/mol. The molecule has 0 aliphatic carbocycles. The van der Waals surface area contributed by atoms with Gasteiger partial charge in [-0.15, -0.1) is 0 Å². The number of para-hydroxylation sites is 1. The summed E-state index contributed by atoms with van der Waals surface area (Å²) in [6.45, 7) is 0. The van der Waals surface area contributed by atoms with Crippen LogP contribution < -0.4 is 0 Å². The third-order valence-electron chi connectivity index (χ3n) is 6.87. The van der Waals surface area contributed by atoms with Crippen molar-refractivity contribution in [1.82, 2.24) is 0 Å². The molecule has 0 atom stereocenters. The standard InChI is InChI=1S/C40H24O/c1-2-12-27-24-28(21-20-25(27)10-1)37-30-14-5-7-16-32(30)38(33-17-8-6-15-31(33)37)34-18-9-19-35-39-29-13-4-3-11-26(29)22-23-36(39)41-40(34)35/h1-24H/i1D,2D,3D,4D,5D,6D,7D,8D,9D,10D,11D,12D,13D,14D,15D,16D,17D,18D,19D,20D,21D,22D,23D,24D. The van der Waals surface area contributed by atoms with Crippen LogP contribution in [0.1, 0.15) is 32.9 Å². The van der Waals surface area contributed by atoms with Crippen LogP contribution >= 0.6 is 0 Å². The topological polar surface area (TPSA) is 13.1 Å². The highest BCUT2D eigenvalue weighted by Gasteiger charge is 2.20. The highest BCUT2D eigenvalue weighted by atomic mass is 16.3. The van der Waals surface area contributed by atoms with Crippen molar-refractivity contribution in [2.45, 2.75) is 0 Å². The zero-order valence-electron chi connectivity index (χ0n) is 44.4. The minimum Gasteiger partial charge on any atom is -0.455 e. The van der Waals surface area contributed by atoms with Crippen LogP contribution in [-0.2, 0) is 0 Å². The van der Waals surface area contributed by atoms with Crippen LogP contribution in [-0.4, -0.2) is 0 Å². The molecule has 1 aromatic heterocycles. The maximum atomic E-state index is 9.43. The first-order valence-electron chi connectivity index (χ1n) is 24.2. The third-order valence-corrected chi connectivity index (χ3v) is 6.87. The Morgan fingerprint density at radius 1 is 0.415 bits per heavy atom. The second kappa shape index (κ2) is 8.55. The van der Waals surface area contributed by atoms with Crippen LogP contribution in [0.15, 0.2) is 149 Å². The maximum Gasteiger partial charge on any atom is 0.143 e. The molecule has 0 N–H and O–H groups in total. The van der Waals surface area contributed by atoms with E-state index >= 15 is 0 Å². The Morgan fingerprint density at radius 3 is 1.71 bits per heavy atom. The van der Waals surface area contributed by atoms with Gasteiger partial charge in [0.2, 0.25) is 0 Å². The molecule has 0 saturated carbocycles. The summed E-state index contributed by atoms with van der Waals surface area (Å²) in [4.78, 5) is 0. The average Bonchev–Trinajstić information content (AvgIpc) is 3.67. The molecule has 190 valence electrons. The van der Waals surface area contributed by atoms with E-state index in [9.17, 15) is 9.60 Å². The van der Waals surface area contributed by atoms with Crippen LogP contribution in [0.2, 0.25) is 0 Å². The molecule has 8 aromatic carbocycles. The van der Waals surface area contributed by atoms with Gasteiger partial charge in [0.15, 0.2) is 0 Å². The van der Waals surface area contributed by atoms with Crippen molar-refractivity contribution in [1.29, 1.82) is 0 Å². The molecule has 41 heavy (non-hydrogen) atoms. The van der Waals surface area contributed by atoms with E-state index in [1.54, 1.807) is 0 Å². The van der Waals surface area contributed by atoms with Crippen LogP contribution in [0.5, 0.6) is 0 Å². The summed E-state index contributed by atoms with van der Waals surface area (Å²) in [6, 6.07) is -20.4. The molecule has 0 saturated heterocycles. The van der Waals surface area contributed by atoms with Crippen LogP contribution in [0.25, 0.3) is 87.3 Å². The molecule has 1 nitrogen and oxygen atoms in total. The number of benzene rings is 8. The Labute approximate surface area is 270 Å². The predicted octanol–water partition coefficient (Wildman–Crippen LogP) is 11.5. The van der Waals surface area contributed by atoms with Gasteiger partial charge in [-0.3, -0.25) is 0 Å². The zero-order valence-corrected chi connectivity index (χ0v) is 20.4. The number of hydrogen-bond acceptors (Lipinski definition) is 1. The molecule has 0 spiro atoms. The van der Waals surface area contributed by atoms with Gasteiger partial charge < -0.3 is 4.42 Å². The summed E-state index contributed by atoms with van der Waals surface area (Å²) >= 11 is 0. The van der Waals surface area contributed by atoms with Gasteiger partial charge in [0, 0.05) is 21.9 Å². The molecule has 0 fully saturated rings. The van der Waals surface area contributed by atoms with E-state index in [0.717, 1.165) is 0 Å². The van der Waals surface area contributed by atoms with E-state index in [1.807, 2.05) is 0 Å². The van der Waals surface area contributed by atoms with Crippen LogP contribution in [0.3, 0.4) is 0 Å². The fraction of sp³-hybridized carbons (Fsp3) is 0. The summed E-state index contributed by atoms with van der Waals surface area (Å²) < 4.78 is 220. The van der Waals surface area contributed by atoms with Crippen molar-refractivity contribution in [3.63, 3.8) is 0 Å². The SMILES string of the molecule is [2H]c1c([2H])c([2H])c2c(oc3c([2H])c([2H])c4c([2H])c([2H])c([2H])c([2H])c4c32)c1-c1c2c([2H])c([2H])c([2H])c([2H])c2c(-c2c([2H])c([2H])c3c([2H])c([2H])c([2H])c([2H])c3c2[2H])c2c([2H])c([2H])c([2H])c([2H])c12. The Kier molecular flexibility index (Phi) is 1.94. The van der Waals surface area contributed by atoms with Crippen molar-refractivity contribution in [2.24, 2.45) is 0 Å². The molecule has 0 aliphatic rings. The molecule has 1 heterocycles. The Hall–Kier alpha value is -5.40. The van der Waals surface area contributed by atoms with Gasteiger partial charge in [0.1, 0.15) is 11.2 Å². The quantitative estimate of drug-likeness (QED) is 0.197. The lowest BCUT2D eigenvalue weighted by atomic mass is 9.85. The fourth-order valence-electron chi connectivity index (χ4n) is 5.19. The lowest BCUT2D eigenvalue weighted by molar-refractivity contribution is 0.670. The Balaban J connectivity index is 1.66. The van der Waals surface area contributed by atoms with E-state index in [4.69, 9.17) is 27.7 Å². The van der Waals surface area contributed by atoms with Crippen molar-refractivity contribution in [3.05, 3.63) is 145 Å². The van der Waals surface area contributed by atoms with Gasteiger partial charge >= 0.3 is 0 Å². The Morgan fingerprint density at radius 2 is 0.976 bits per heavy atom. The molecule has 0 bridgehead atoms. The van der Waals surface area contributed by atoms with Crippen molar-refractivity contribution >= 4 is 65.0 Å². The number of hydrogen-bond donors (Lipinski definition) is 0. The minimum absolute atomic E-state index is 0.363. The normalized spacial score (nSPS) is 20.1. The highest BCUT2D eigenvalue weighted by molar-refractivity contribution is 6.26. The van der Waals surface area contributed by atoms with E-state index in [1.165, 1.54) is 0 Å². The van der Waals surface area contributed by atoms with Gasteiger partial charge in [0.25, 0.3) is 0 Å². The second-order valence-electron chi connectivity index (χ2n) is 9.01. The summed E-state index contributed by atoms with van der Waals surface area (Å²) in [5.41, 5.74) is -3.84. The third kappa shape index (κ3) is 3.24. The fourth-order valence-corrected chi connectivity index (χ4v) is 5.19. The second-order valence-corrected chi connectivity index (χ2v) is 9.01. The Bertz CT molecular complexity index is 3740. The minimum atomic E-state index is -0.939. The van der Waals surface area contributed by atoms with E-state index in [-0.39, 0.29) is 5.39 Å². The van der Waals surface area contributed by atoms with E-state index in [0.29, 0.717) is 0 Å². The van der Waals surface area contributed by atoms with Crippen LogP contribution in [0, 0.1) is 0 Å². The van der Waals surface area contributed by atoms with Crippen molar-refractivity contribution < 1.29 is 37.3 Å². The average molecular weight is 545 g/mol. The van der Waals surface area contributed by atoms with E-state index < -0.39 is 227 Å². The molecule has 0 radical (unpaired) electrons. The monoisotopic (exact) mass is 544 g/mol. The molecule has 9 aromatic rings. The summed E-state index contributed by atoms with van der Waals surface area (Å²) in [5.74, 6) is 0. The van der Waals surface area contributed by atoms with Gasteiger partial charge in [-0.1, -0.05) is 133 Å². The van der Waals surface area contributed by atoms with Crippen molar-refractivity contribution in [2.75, 3.05) is 0 Å². The maximum absolute atomic E-state index is 9.43. The lowest BCUT2D eigenvalue weighted by Gasteiger charge is -2.18. The first-order valence-corrected chi connectivity index (χ1v) is 12.2. The summed E-state index contributed by atoms with van der Waals surface area (Å²) in [6.07, 6.45) is 0. The molecule has 9 rings (SSSR count). The van der Waals surface area contributed by atoms with Gasteiger partial charge in [0.05, 0.1) is 32.9 Å². The van der Waals surface area contributed by atoms with Gasteiger partial charge in [-0.05, 0) is 66.3 Å². The smallest absolute Gasteiger partial charge is 0.143 e. The first-order chi connectivity index (χ1) is 30.3. The number of fused-ring (bicyclic) bond motifs is 8. The van der Waals surface area contributed by atoms with Crippen LogP contribution in [0.4, 0.5) is 0 Å².